The van der Waals surface area contributed by atoms with E-state index in [-0.39, 0.29) is 17.7 Å². The van der Waals surface area contributed by atoms with E-state index in [9.17, 15) is 8.78 Å². The molecule has 2 heterocycles. The Labute approximate surface area is 164 Å². The van der Waals surface area contributed by atoms with Gasteiger partial charge in [0.05, 0.1) is 10.7 Å². The van der Waals surface area contributed by atoms with Crippen LogP contribution < -0.4 is 0 Å². The fraction of sp³-hybridized carbons (Fsp3) is 0.524. The van der Waals surface area contributed by atoms with Crippen LogP contribution in [0.2, 0.25) is 5.02 Å². The highest BCUT2D eigenvalue weighted by Crippen LogP contribution is 2.34. The number of nitrogens with zero attached hydrogens (tertiary/aromatic N) is 2. The Morgan fingerprint density at radius 2 is 1.96 bits per heavy atom. The Morgan fingerprint density at radius 3 is 2.70 bits per heavy atom. The number of aromatic nitrogens is 1. The lowest BCUT2D eigenvalue weighted by Gasteiger charge is -2.26. The molecule has 0 radical (unpaired) electrons. The highest BCUT2D eigenvalue weighted by molar-refractivity contribution is 6.32. The van der Waals surface area contributed by atoms with E-state index in [1.165, 1.54) is 18.3 Å². The number of ether oxygens (including phenoxy) is 1. The zero-order valence-electron chi connectivity index (χ0n) is 15.7. The van der Waals surface area contributed by atoms with Gasteiger partial charge in [-0.1, -0.05) is 31.5 Å². The second-order valence-corrected chi connectivity index (χ2v) is 7.85. The first-order valence-electron chi connectivity index (χ1n) is 9.46. The van der Waals surface area contributed by atoms with Crippen molar-refractivity contribution in [3.05, 3.63) is 46.8 Å². The smallest absolute Gasteiger partial charge is 0.213 e. The van der Waals surface area contributed by atoms with E-state index >= 15 is 0 Å². The quantitative estimate of drug-likeness (QED) is 0.620. The number of allylic oxidation sites excluding steroid dienone is 4. The van der Waals surface area contributed by atoms with Crippen LogP contribution >= 0.6 is 11.6 Å². The number of hydrogen-bond acceptors (Lipinski definition) is 3. The van der Waals surface area contributed by atoms with Crippen LogP contribution in [-0.4, -0.2) is 30.5 Å². The highest BCUT2D eigenvalue weighted by atomic mass is 35.5. The fourth-order valence-electron chi connectivity index (χ4n) is 3.57. The lowest BCUT2D eigenvalue weighted by Crippen LogP contribution is -2.24. The summed E-state index contributed by atoms with van der Waals surface area (Å²) < 4.78 is 33.8. The van der Waals surface area contributed by atoms with Crippen molar-refractivity contribution >= 4 is 22.9 Å². The second-order valence-electron chi connectivity index (χ2n) is 7.45. The maximum atomic E-state index is 14.9. The number of hydrogen-bond donors (Lipinski definition) is 0. The van der Waals surface area contributed by atoms with E-state index in [0.29, 0.717) is 35.2 Å². The topological polar surface area (TPSA) is 34.5 Å². The molecular formula is C21H25ClF2N2O. The first-order chi connectivity index (χ1) is 13.0. The Morgan fingerprint density at radius 1 is 1.22 bits per heavy atom. The number of aliphatic imine (C=N–C) groups is 1. The summed E-state index contributed by atoms with van der Waals surface area (Å²) in [6, 6.07) is 1.30. The van der Waals surface area contributed by atoms with Gasteiger partial charge in [0.15, 0.2) is 0 Å². The minimum Gasteiger partial charge on any atom is -0.381 e. The molecule has 2 aliphatic rings. The molecule has 27 heavy (non-hydrogen) atoms. The first kappa shape index (κ1) is 20.2. The van der Waals surface area contributed by atoms with Crippen molar-refractivity contribution in [1.82, 2.24) is 4.98 Å². The summed E-state index contributed by atoms with van der Waals surface area (Å²) in [6.07, 6.45) is 7.01. The van der Waals surface area contributed by atoms with E-state index in [1.54, 1.807) is 6.08 Å². The van der Waals surface area contributed by atoms with E-state index in [1.807, 2.05) is 6.92 Å². The number of rotatable bonds is 3. The minimum absolute atomic E-state index is 0.0461. The molecule has 0 N–H and O–H groups in total. The largest absolute Gasteiger partial charge is 0.381 e. The van der Waals surface area contributed by atoms with Crippen molar-refractivity contribution in [3.8, 4) is 0 Å². The Hall–Kier alpha value is -1.59. The highest BCUT2D eigenvalue weighted by Gasteiger charge is 2.26. The molecule has 2 atom stereocenters. The molecule has 3 rings (SSSR count). The van der Waals surface area contributed by atoms with Crippen LogP contribution in [0.3, 0.4) is 0 Å². The summed E-state index contributed by atoms with van der Waals surface area (Å²) in [5, 5.41) is 0.366. The SMILES string of the molecule is CC1C/C(c2cc(F)ncc2Cl)=C\C=C(\F)C(=NCC2CCOCC2)C1C. The molecule has 1 saturated heterocycles. The molecule has 0 aromatic carbocycles. The minimum atomic E-state index is -0.596. The Kier molecular flexibility index (Phi) is 6.77. The number of halogens is 3. The summed E-state index contributed by atoms with van der Waals surface area (Å²) >= 11 is 6.19. The van der Waals surface area contributed by atoms with Gasteiger partial charge < -0.3 is 4.74 Å². The van der Waals surface area contributed by atoms with Crippen LogP contribution in [0.15, 0.2) is 35.2 Å². The average molecular weight is 395 g/mol. The fourth-order valence-corrected chi connectivity index (χ4v) is 3.80. The molecule has 1 aliphatic carbocycles. The van der Waals surface area contributed by atoms with Crippen molar-refractivity contribution in [2.45, 2.75) is 33.1 Å². The van der Waals surface area contributed by atoms with Crippen molar-refractivity contribution < 1.29 is 13.5 Å². The molecule has 1 aromatic heterocycles. The normalized spacial score (nSPS) is 30.2. The third-order valence-electron chi connectivity index (χ3n) is 5.53. The molecule has 1 fully saturated rings. The van der Waals surface area contributed by atoms with Gasteiger partial charge in [0.25, 0.3) is 0 Å². The average Bonchev–Trinajstić information content (AvgIpc) is 2.67. The molecule has 1 aromatic rings. The van der Waals surface area contributed by atoms with Crippen LogP contribution in [0, 0.1) is 23.7 Å². The van der Waals surface area contributed by atoms with Crippen LogP contribution in [0.4, 0.5) is 8.78 Å². The number of pyridine rings is 1. The van der Waals surface area contributed by atoms with Crippen LogP contribution in [0.1, 0.15) is 38.7 Å². The molecule has 0 amide bonds. The molecule has 0 spiro atoms. The van der Waals surface area contributed by atoms with Gasteiger partial charge in [-0.2, -0.15) is 4.39 Å². The van der Waals surface area contributed by atoms with Gasteiger partial charge in [0, 0.05) is 43.5 Å². The van der Waals surface area contributed by atoms with Crippen molar-refractivity contribution in [2.24, 2.45) is 22.7 Å². The lowest BCUT2D eigenvalue weighted by molar-refractivity contribution is 0.0689. The summed E-state index contributed by atoms with van der Waals surface area (Å²) in [4.78, 5) is 8.21. The Bertz CT molecular complexity index is 769. The van der Waals surface area contributed by atoms with Crippen LogP contribution in [0.5, 0.6) is 0 Å². The van der Waals surface area contributed by atoms with Gasteiger partial charge in [-0.3, -0.25) is 4.99 Å². The summed E-state index contributed by atoms with van der Waals surface area (Å²) in [6.45, 7) is 6.21. The van der Waals surface area contributed by atoms with Crippen molar-refractivity contribution in [3.63, 3.8) is 0 Å². The molecule has 0 saturated carbocycles. The summed E-state index contributed by atoms with van der Waals surface area (Å²) in [7, 11) is 0. The van der Waals surface area contributed by atoms with Crippen LogP contribution in [0.25, 0.3) is 5.57 Å². The third kappa shape index (κ3) is 5.02. The van der Waals surface area contributed by atoms with Crippen molar-refractivity contribution in [1.29, 1.82) is 0 Å². The van der Waals surface area contributed by atoms with Gasteiger partial charge in [-0.05, 0) is 42.7 Å². The van der Waals surface area contributed by atoms with E-state index < -0.39 is 5.95 Å². The standard InChI is InChI=1S/C21H25ClF2N2O/c1-13-9-16(17-10-20(24)25-12-18(17)22)3-4-19(23)21(14(13)2)26-11-15-5-7-27-8-6-15/h3-4,10,12-15H,5-9,11H2,1-2H3/b16-3+,19-4+,26-21?. The molecule has 3 nitrogen and oxygen atoms in total. The van der Waals surface area contributed by atoms with E-state index in [2.05, 4.69) is 16.9 Å². The predicted molar refractivity (Wildman–Crippen MR) is 105 cm³/mol. The van der Waals surface area contributed by atoms with Gasteiger partial charge in [-0.25, -0.2) is 9.37 Å². The maximum Gasteiger partial charge on any atom is 0.213 e. The maximum absolute atomic E-state index is 14.9. The summed E-state index contributed by atoms with van der Waals surface area (Å²) in [5.41, 5.74) is 1.89. The van der Waals surface area contributed by atoms with E-state index in [0.717, 1.165) is 31.6 Å². The zero-order valence-corrected chi connectivity index (χ0v) is 16.5. The van der Waals surface area contributed by atoms with Crippen molar-refractivity contribution in [2.75, 3.05) is 19.8 Å². The monoisotopic (exact) mass is 394 g/mol. The molecule has 6 heteroatoms. The predicted octanol–water partition coefficient (Wildman–Crippen LogP) is 5.65. The van der Waals surface area contributed by atoms with Crippen LogP contribution in [-0.2, 0) is 4.74 Å². The van der Waals surface area contributed by atoms with Gasteiger partial charge in [0.1, 0.15) is 5.83 Å². The van der Waals surface area contributed by atoms with E-state index in [4.69, 9.17) is 16.3 Å². The third-order valence-corrected chi connectivity index (χ3v) is 5.83. The Balaban J connectivity index is 1.88. The molecule has 146 valence electrons. The van der Waals surface area contributed by atoms with Gasteiger partial charge in [0.2, 0.25) is 5.95 Å². The second kappa shape index (κ2) is 9.07. The van der Waals surface area contributed by atoms with Gasteiger partial charge in [-0.15, -0.1) is 0 Å². The summed E-state index contributed by atoms with van der Waals surface area (Å²) in [5.74, 6) is -0.381. The molecule has 2 unspecified atom stereocenters. The molecular weight excluding hydrogens is 370 g/mol. The van der Waals surface area contributed by atoms with Gasteiger partial charge >= 0.3 is 0 Å². The molecule has 1 aliphatic heterocycles. The lowest BCUT2D eigenvalue weighted by atomic mass is 9.82. The first-order valence-corrected chi connectivity index (χ1v) is 9.83. The molecule has 0 bridgehead atoms. The zero-order chi connectivity index (χ0) is 19.4.